The number of fused-ring (bicyclic) bond motifs is 2. The molecule has 1 aliphatic heterocycles. The van der Waals surface area contributed by atoms with Crippen LogP contribution in [0.3, 0.4) is 0 Å². The van der Waals surface area contributed by atoms with Crippen LogP contribution in [0.25, 0.3) is 10.2 Å². The highest BCUT2D eigenvalue weighted by Crippen LogP contribution is 2.37. The second-order valence-electron chi connectivity index (χ2n) is 5.18. The second-order valence-corrected chi connectivity index (χ2v) is 7.28. The fourth-order valence-corrected chi connectivity index (χ4v) is 4.45. The first-order chi connectivity index (χ1) is 11.5. The summed E-state index contributed by atoms with van der Waals surface area (Å²) in [5.41, 5.74) is 0.407. The first-order valence-corrected chi connectivity index (χ1v) is 8.80. The lowest BCUT2D eigenvalue weighted by molar-refractivity contribution is -0.116. The molecule has 2 aromatic carbocycles. The van der Waals surface area contributed by atoms with Crippen LogP contribution in [0.2, 0.25) is 0 Å². The molecule has 24 heavy (non-hydrogen) atoms. The van der Waals surface area contributed by atoms with Gasteiger partial charge in [0, 0.05) is 11.0 Å². The fourth-order valence-electron chi connectivity index (χ4n) is 2.56. The summed E-state index contributed by atoms with van der Waals surface area (Å²) in [5, 5.41) is 0.350. The van der Waals surface area contributed by atoms with Crippen LogP contribution < -0.4 is 4.90 Å². The van der Waals surface area contributed by atoms with E-state index in [2.05, 4.69) is 4.98 Å². The van der Waals surface area contributed by atoms with Crippen molar-refractivity contribution in [2.45, 2.75) is 11.4 Å². The molecule has 0 N–H and O–H groups in total. The van der Waals surface area contributed by atoms with E-state index in [-0.39, 0.29) is 22.7 Å². The number of amides is 1. The van der Waals surface area contributed by atoms with Gasteiger partial charge in [-0.2, -0.15) is 0 Å². The summed E-state index contributed by atoms with van der Waals surface area (Å²) in [6.07, 6.45) is 0. The van der Waals surface area contributed by atoms with E-state index in [1.54, 1.807) is 0 Å². The van der Waals surface area contributed by atoms with Gasteiger partial charge in [0.2, 0.25) is 5.91 Å². The SMILES string of the molecule is O=C1CSc2ccccc2N1Cc1nc2c(F)c(F)cc(F)c2s1. The number of halogens is 3. The quantitative estimate of drug-likeness (QED) is 0.632. The Morgan fingerprint density at radius 2 is 1.96 bits per heavy atom. The molecule has 0 saturated heterocycles. The van der Waals surface area contributed by atoms with Crippen molar-refractivity contribution in [2.75, 3.05) is 10.7 Å². The number of thiazole rings is 1. The number of thioether (sulfide) groups is 1. The Morgan fingerprint density at radius 1 is 1.17 bits per heavy atom. The molecule has 0 fully saturated rings. The maximum atomic E-state index is 13.8. The number of hydrogen-bond donors (Lipinski definition) is 0. The van der Waals surface area contributed by atoms with Gasteiger partial charge in [0.15, 0.2) is 11.6 Å². The van der Waals surface area contributed by atoms with E-state index in [1.807, 2.05) is 24.3 Å². The van der Waals surface area contributed by atoms with Crippen molar-refractivity contribution >= 4 is 44.9 Å². The highest BCUT2D eigenvalue weighted by molar-refractivity contribution is 8.00. The third kappa shape index (κ3) is 2.46. The predicted molar refractivity (Wildman–Crippen MR) is 87.9 cm³/mol. The number of benzene rings is 2. The molecule has 122 valence electrons. The zero-order valence-electron chi connectivity index (χ0n) is 12.1. The predicted octanol–water partition coefficient (Wildman–Crippen LogP) is 4.35. The molecule has 1 aliphatic rings. The van der Waals surface area contributed by atoms with Crippen LogP contribution in [0.1, 0.15) is 5.01 Å². The highest BCUT2D eigenvalue weighted by Gasteiger charge is 2.26. The maximum absolute atomic E-state index is 13.8. The second kappa shape index (κ2) is 5.78. The minimum Gasteiger partial charge on any atom is -0.304 e. The van der Waals surface area contributed by atoms with Crippen molar-refractivity contribution in [2.24, 2.45) is 0 Å². The number of para-hydroxylation sites is 1. The topological polar surface area (TPSA) is 33.2 Å². The molecular formula is C16H9F3N2OS2. The molecule has 0 unspecified atom stereocenters. The Kier molecular flexibility index (Phi) is 3.73. The molecule has 3 aromatic rings. The molecule has 0 bridgehead atoms. The standard InChI is InChI=1S/C16H9F3N2OS2/c17-8-5-9(18)16-15(14(8)19)20-12(24-16)6-21-10-3-1-2-4-11(10)23-7-13(21)22/h1-5H,6-7H2. The third-order valence-electron chi connectivity index (χ3n) is 3.66. The summed E-state index contributed by atoms with van der Waals surface area (Å²) in [4.78, 5) is 18.7. The highest BCUT2D eigenvalue weighted by atomic mass is 32.2. The minimum absolute atomic E-state index is 0.0454. The van der Waals surface area contributed by atoms with E-state index in [0.29, 0.717) is 16.8 Å². The number of carbonyl (C=O) groups is 1. The molecule has 1 amide bonds. The van der Waals surface area contributed by atoms with E-state index in [0.717, 1.165) is 21.9 Å². The Labute approximate surface area is 143 Å². The van der Waals surface area contributed by atoms with Gasteiger partial charge in [0.05, 0.1) is 22.7 Å². The summed E-state index contributed by atoms with van der Waals surface area (Å²) in [6.45, 7) is 0.0935. The summed E-state index contributed by atoms with van der Waals surface area (Å²) >= 11 is 2.37. The van der Waals surface area contributed by atoms with Crippen LogP contribution >= 0.6 is 23.1 Å². The van der Waals surface area contributed by atoms with E-state index >= 15 is 0 Å². The molecular weight excluding hydrogens is 357 g/mol. The Morgan fingerprint density at radius 3 is 2.79 bits per heavy atom. The van der Waals surface area contributed by atoms with E-state index in [1.165, 1.54) is 16.7 Å². The molecule has 0 saturated carbocycles. The van der Waals surface area contributed by atoms with Gasteiger partial charge in [-0.05, 0) is 12.1 Å². The lowest BCUT2D eigenvalue weighted by Crippen LogP contribution is -2.34. The van der Waals surface area contributed by atoms with Crippen LogP contribution in [0.4, 0.5) is 18.9 Å². The molecule has 3 nitrogen and oxygen atoms in total. The number of nitrogens with zero attached hydrogens (tertiary/aromatic N) is 2. The molecule has 0 atom stereocenters. The van der Waals surface area contributed by atoms with Crippen LogP contribution in [0.5, 0.6) is 0 Å². The minimum atomic E-state index is -1.27. The van der Waals surface area contributed by atoms with Gasteiger partial charge in [-0.1, -0.05) is 12.1 Å². The van der Waals surface area contributed by atoms with Gasteiger partial charge in [0.1, 0.15) is 16.3 Å². The summed E-state index contributed by atoms with van der Waals surface area (Å²) in [6, 6.07) is 7.93. The molecule has 4 rings (SSSR count). The molecule has 0 aliphatic carbocycles. The number of aromatic nitrogens is 1. The number of rotatable bonds is 2. The van der Waals surface area contributed by atoms with Crippen molar-refractivity contribution in [3.05, 3.63) is 52.8 Å². The van der Waals surface area contributed by atoms with Gasteiger partial charge in [-0.25, -0.2) is 18.2 Å². The van der Waals surface area contributed by atoms with Gasteiger partial charge in [-0.15, -0.1) is 23.1 Å². The fraction of sp³-hybridized carbons (Fsp3) is 0.125. The molecule has 1 aromatic heterocycles. The molecule has 8 heteroatoms. The number of anilines is 1. The van der Waals surface area contributed by atoms with Crippen molar-refractivity contribution < 1.29 is 18.0 Å². The molecule has 2 heterocycles. The Balaban J connectivity index is 1.76. The smallest absolute Gasteiger partial charge is 0.237 e. The average molecular weight is 366 g/mol. The van der Waals surface area contributed by atoms with Crippen LogP contribution in [-0.4, -0.2) is 16.6 Å². The van der Waals surface area contributed by atoms with Crippen LogP contribution in [0.15, 0.2) is 35.2 Å². The lowest BCUT2D eigenvalue weighted by Gasteiger charge is -2.28. The van der Waals surface area contributed by atoms with Gasteiger partial charge in [-0.3, -0.25) is 4.79 Å². The lowest BCUT2D eigenvalue weighted by atomic mass is 10.2. The van der Waals surface area contributed by atoms with Crippen LogP contribution in [0, 0.1) is 17.5 Å². The number of hydrogen-bond acceptors (Lipinski definition) is 4. The largest absolute Gasteiger partial charge is 0.304 e. The normalized spacial score (nSPS) is 14.3. The number of carbonyl (C=O) groups excluding carboxylic acids is 1. The third-order valence-corrected chi connectivity index (χ3v) is 5.76. The van der Waals surface area contributed by atoms with Gasteiger partial charge in [0.25, 0.3) is 0 Å². The summed E-state index contributed by atoms with van der Waals surface area (Å²) < 4.78 is 40.9. The summed E-state index contributed by atoms with van der Waals surface area (Å²) in [5.74, 6) is -3.11. The van der Waals surface area contributed by atoms with Crippen molar-refractivity contribution in [1.82, 2.24) is 4.98 Å². The van der Waals surface area contributed by atoms with Crippen molar-refractivity contribution in [3.8, 4) is 0 Å². The van der Waals surface area contributed by atoms with Gasteiger partial charge >= 0.3 is 0 Å². The Bertz CT molecular complexity index is 973. The maximum Gasteiger partial charge on any atom is 0.237 e. The molecule has 0 radical (unpaired) electrons. The van der Waals surface area contributed by atoms with Gasteiger partial charge < -0.3 is 4.90 Å². The first-order valence-electron chi connectivity index (χ1n) is 6.99. The van der Waals surface area contributed by atoms with Crippen molar-refractivity contribution in [3.63, 3.8) is 0 Å². The van der Waals surface area contributed by atoms with E-state index < -0.39 is 17.5 Å². The Hall–Kier alpha value is -2.06. The van der Waals surface area contributed by atoms with E-state index in [9.17, 15) is 18.0 Å². The summed E-state index contributed by atoms with van der Waals surface area (Å²) in [7, 11) is 0. The zero-order chi connectivity index (χ0) is 16.8. The monoisotopic (exact) mass is 366 g/mol. The van der Waals surface area contributed by atoms with Crippen molar-refractivity contribution in [1.29, 1.82) is 0 Å². The average Bonchev–Trinajstić information content (AvgIpc) is 3.00. The zero-order valence-corrected chi connectivity index (χ0v) is 13.7. The van der Waals surface area contributed by atoms with E-state index in [4.69, 9.17) is 0 Å². The van der Waals surface area contributed by atoms with Crippen LogP contribution in [-0.2, 0) is 11.3 Å². The molecule has 0 spiro atoms. The first kappa shape index (κ1) is 15.5.